The third-order valence-corrected chi connectivity index (χ3v) is 2.81. The third kappa shape index (κ3) is 4.66. The molecule has 1 aromatic carbocycles. The molecule has 0 aromatic heterocycles. The van der Waals surface area contributed by atoms with Gasteiger partial charge in [0.15, 0.2) is 0 Å². The van der Waals surface area contributed by atoms with Crippen LogP contribution in [0.5, 0.6) is 0 Å². The Hall–Kier alpha value is -1.07. The second kappa shape index (κ2) is 6.75. The summed E-state index contributed by atoms with van der Waals surface area (Å²) in [6, 6.07) is 9.02. The van der Waals surface area contributed by atoms with Crippen molar-refractivity contribution in [1.82, 2.24) is 10.2 Å². The van der Waals surface area contributed by atoms with Gasteiger partial charge in [0.05, 0.1) is 6.54 Å². The molecule has 0 aliphatic rings. The summed E-state index contributed by atoms with van der Waals surface area (Å²) in [7, 11) is 1.75. The van der Waals surface area contributed by atoms with Gasteiger partial charge >= 0.3 is 6.18 Å². The van der Waals surface area contributed by atoms with Crippen LogP contribution in [0.4, 0.5) is 13.2 Å². The number of halogens is 3. The van der Waals surface area contributed by atoms with E-state index in [9.17, 15) is 13.2 Å². The van der Waals surface area contributed by atoms with Gasteiger partial charge in [-0.1, -0.05) is 37.3 Å². The monoisotopic (exact) mass is 260 g/mol. The first-order chi connectivity index (χ1) is 8.48. The van der Waals surface area contributed by atoms with E-state index in [1.54, 1.807) is 14.0 Å². The predicted molar refractivity (Wildman–Crippen MR) is 66.4 cm³/mol. The summed E-state index contributed by atoms with van der Waals surface area (Å²) in [5.74, 6) is 0. The van der Waals surface area contributed by atoms with Gasteiger partial charge in [-0.2, -0.15) is 13.2 Å². The standard InChI is InChI=1S/C13H19F3N2/c1-3-18(10-13(14,15)16)12(9-17-2)11-7-5-4-6-8-11/h4-8,12,17H,3,9-10H2,1-2H3. The minimum atomic E-state index is -4.17. The summed E-state index contributed by atoms with van der Waals surface area (Å²) in [6.45, 7) is 1.72. The predicted octanol–water partition coefficient (Wildman–Crippen LogP) is 2.83. The Labute approximate surface area is 106 Å². The van der Waals surface area contributed by atoms with E-state index in [0.29, 0.717) is 13.1 Å². The van der Waals surface area contributed by atoms with Gasteiger partial charge < -0.3 is 5.32 Å². The maximum absolute atomic E-state index is 12.5. The minimum Gasteiger partial charge on any atom is -0.318 e. The Morgan fingerprint density at radius 3 is 2.28 bits per heavy atom. The molecule has 0 saturated heterocycles. The Bertz CT molecular complexity index is 338. The summed E-state index contributed by atoms with van der Waals surface area (Å²) in [4.78, 5) is 1.44. The zero-order valence-electron chi connectivity index (χ0n) is 10.7. The van der Waals surface area contributed by atoms with E-state index in [1.165, 1.54) is 4.90 Å². The third-order valence-electron chi connectivity index (χ3n) is 2.81. The maximum atomic E-state index is 12.5. The van der Waals surface area contributed by atoms with Crippen molar-refractivity contribution in [2.24, 2.45) is 0 Å². The molecule has 1 atom stereocenters. The largest absolute Gasteiger partial charge is 0.401 e. The van der Waals surface area contributed by atoms with Crippen LogP contribution >= 0.6 is 0 Å². The average Bonchev–Trinajstić information content (AvgIpc) is 2.33. The van der Waals surface area contributed by atoms with Gasteiger partial charge in [-0.3, -0.25) is 4.90 Å². The van der Waals surface area contributed by atoms with E-state index in [-0.39, 0.29) is 6.04 Å². The SMILES string of the molecule is CCN(CC(F)(F)F)C(CNC)c1ccccc1. The van der Waals surface area contributed by atoms with Crippen molar-refractivity contribution in [3.8, 4) is 0 Å². The normalized spacial score (nSPS) is 13.9. The highest BCUT2D eigenvalue weighted by Crippen LogP contribution is 2.25. The summed E-state index contributed by atoms with van der Waals surface area (Å²) in [5, 5.41) is 2.96. The molecule has 0 heterocycles. The molecule has 0 radical (unpaired) electrons. The Morgan fingerprint density at radius 2 is 1.83 bits per heavy atom. The molecule has 18 heavy (non-hydrogen) atoms. The first-order valence-electron chi connectivity index (χ1n) is 5.98. The molecule has 0 saturated carbocycles. The van der Waals surface area contributed by atoms with Crippen molar-refractivity contribution >= 4 is 0 Å². The van der Waals surface area contributed by atoms with Gasteiger partial charge in [-0.15, -0.1) is 0 Å². The fourth-order valence-electron chi connectivity index (χ4n) is 2.00. The highest BCUT2D eigenvalue weighted by atomic mass is 19.4. The van der Waals surface area contributed by atoms with Crippen molar-refractivity contribution in [2.75, 3.05) is 26.7 Å². The van der Waals surface area contributed by atoms with Gasteiger partial charge in [-0.25, -0.2) is 0 Å². The molecule has 0 fully saturated rings. The van der Waals surface area contributed by atoms with Gasteiger partial charge in [0, 0.05) is 12.6 Å². The van der Waals surface area contributed by atoms with Crippen LogP contribution < -0.4 is 5.32 Å². The van der Waals surface area contributed by atoms with Crippen molar-refractivity contribution in [3.63, 3.8) is 0 Å². The van der Waals surface area contributed by atoms with Gasteiger partial charge in [0.1, 0.15) is 0 Å². The number of nitrogens with zero attached hydrogens (tertiary/aromatic N) is 1. The Morgan fingerprint density at radius 1 is 1.22 bits per heavy atom. The van der Waals surface area contributed by atoms with E-state index < -0.39 is 12.7 Å². The first-order valence-corrected chi connectivity index (χ1v) is 5.98. The lowest BCUT2D eigenvalue weighted by molar-refractivity contribution is -0.150. The highest BCUT2D eigenvalue weighted by molar-refractivity contribution is 5.19. The summed E-state index contributed by atoms with van der Waals surface area (Å²) in [6.07, 6.45) is -4.17. The molecule has 1 rings (SSSR count). The van der Waals surface area contributed by atoms with Crippen LogP contribution in [0.25, 0.3) is 0 Å². The highest BCUT2D eigenvalue weighted by Gasteiger charge is 2.33. The first kappa shape index (κ1) is 15.0. The second-order valence-corrected chi connectivity index (χ2v) is 4.16. The molecular formula is C13H19F3N2. The van der Waals surface area contributed by atoms with Crippen LogP contribution in [0.15, 0.2) is 30.3 Å². The molecule has 1 N–H and O–H groups in total. The van der Waals surface area contributed by atoms with Crippen LogP contribution in [-0.4, -0.2) is 37.8 Å². The number of hydrogen-bond acceptors (Lipinski definition) is 2. The number of alkyl halides is 3. The molecule has 102 valence electrons. The number of benzene rings is 1. The lowest BCUT2D eigenvalue weighted by atomic mass is 10.1. The van der Waals surface area contributed by atoms with E-state index in [4.69, 9.17) is 0 Å². The molecule has 0 amide bonds. The quantitative estimate of drug-likeness (QED) is 0.846. The van der Waals surface area contributed by atoms with Crippen LogP contribution in [0.3, 0.4) is 0 Å². The minimum absolute atomic E-state index is 0.261. The van der Waals surface area contributed by atoms with E-state index in [2.05, 4.69) is 5.32 Å². The van der Waals surface area contributed by atoms with E-state index >= 15 is 0 Å². The van der Waals surface area contributed by atoms with Crippen molar-refractivity contribution < 1.29 is 13.2 Å². The summed E-state index contributed by atoms with van der Waals surface area (Å²) < 4.78 is 37.6. The van der Waals surface area contributed by atoms with Gasteiger partial charge in [0.2, 0.25) is 0 Å². The van der Waals surface area contributed by atoms with E-state index in [1.807, 2.05) is 30.3 Å². The Balaban J connectivity index is 2.88. The number of likely N-dealkylation sites (N-methyl/N-ethyl adjacent to an activating group) is 2. The molecule has 0 bridgehead atoms. The zero-order chi connectivity index (χ0) is 13.6. The summed E-state index contributed by atoms with van der Waals surface area (Å²) >= 11 is 0. The van der Waals surface area contributed by atoms with Crippen molar-refractivity contribution in [3.05, 3.63) is 35.9 Å². The lowest BCUT2D eigenvalue weighted by Gasteiger charge is -2.31. The van der Waals surface area contributed by atoms with Crippen LogP contribution in [0.2, 0.25) is 0 Å². The molecule has 1 aromatic rings. The van der Waals surface area contributed by atoms with Gasteiger partial charge in [-0.05, 0) is 19.2 Å². The smallest absolute Gasteiger partial charge is 0.318 e. The van der Waals surface area contributed by atoms with Crippen molar-refractivity contribution in [1.29, 1.82) is 0 Å². The average molecular weight is 260 g/mol. The fraction of sp³-hybridized carbons (Fsp3) is 0.538. The fourth-order valence-corrected chi connectivity index (χ4v) is 2.00. The molecule has 0 aliphatic carbocycles. The number of rotatable bonds is 6. The van der Waals surface area contributed by atoms with Crippen LogP contribution in [0, 0.1) is 0 Å². The lowest BCUT2D eigenvalue weighted by Crippen LogP contribution is -2.40. The Kier molecular flexibility index (Phi) is 5.62. The molecule has 1 unspecified atom stereocenters. The second-order valence-electron chi connectivity index (χ2n) is 4.16. The molecule has 5 heteroatoms. The molecule has 0 aliphatic heterocycles. The number of hydrogen-bond donors (Lipinski definition) is 1. The van der Waals surface area contributed by atoms with Crippen LogP contribution in [-0.2, 0) is 0 Å². The molecule has 0 spiro atoms. The summed E-state index contributed by atoms with van der Waals surface area (Å²) in [5.41, 5.74) is 0.901. The maximum Gasteiger partial charge on any atom is 0.401 e. The number of nitrogens with one attached hydrogen (secondary N) is 1. The molecular weight excluding hydrogens is 241 g/mol. The van der Waals surface area contributed by atoms with Crippen LogP contribution in [0.1, 0.15) is 18.5 Å². The van der Waals surface area contributed by atoms with Crippen molar-refractivity contribution in [2.45, 2.75) is 19.1 Å². The zero-order valence-corrected chi connectivity index (χ0v) is 10.7. The topological polar surface area (TPSA) is 15.3 Å². The van der Waals surface area contributed by atoms with E-state index in [0.717, 1.165) is 5.56 Å². The van der Waals surface area contributed by atoms with Gasteiger partial charge in [0.25, 0.3) is 0 Å². The molecule has 2 nitrogen and oxygen atoms in total.